The summed E-state index contributed by atoms with van der Waals surface area (Å²) in [5.74, 6) is -0.244. The van der Waals surface area contributed by atoms with Gasteiger partial charge in [-0.25, -0.2) is 0 Å². The molecule has 0 radical (unpaired) electrons. The molecule has 1 aliphatic heterocycles. The molecule has 28 heavy (non-hydrogen) atoms. The molecule has 1 heterocycles. The van der Waals surface area contributed by atoms with Gasteiger partial charge >= 0.3 is 0 Å². The fraction of sp³-hybridized carbons (Fsp3) is 0.381. The van der Waals surface area contributed by atoms with Gasteiger partial charge in [0.2, 0.25) is 5.91 Å². The molecule has 7 nitrogen and oxygen atoms in total. The first-order valence-electron chi connectivity index (χ1n) is 9.62. The van der Waals surface area contributed by atoms with Crippen LogP contribution in [0.3, 0.4) is 0 Å². The number of amides is 1. The van der Waals surface area contributed by atoms with Crippen LogP contribution in [0.25, 0.3) is 0 Å². The van der Waals surface area contributed by atoms with Gasteiger partial charge in [-0.2, -0.15) is 0 Å². The zero-order chi connectivity index (χ0) is 20.1. The van der Waals surface area contributed by atoms with Crippen molar-refractivity contribution < 1.29 is 9.72 Å². The third-order valence-electron chi connectivity index (χ3n) is 5.10. The van der Waals surface area contributed by atoms with Gasteiger partial charge in [0.15, 0.2) is 0 Å². The lowest BCUT2D eigenvalue weighted by Crippen LogP contribution is -2.32. The topological polar surface area (TPSA) is 87.5 Å². The van der Waals surface area contributed by atoms with Gasteiger partial charge in [-0.3, -0.25) is 14.9 Å². The minimum absolute atomic E-state index is 0.00681. The molecule has 0 spiro atoms. The molecule has 2 aromatic carbocycles. The normalized spacial score (nSPS) is 15.0. The third-order valence-corrected chi connectivity index (χ3v) is 5.10. The zero-order valence-corrected chi connectivity index (χ0v) is 16.3. The van der Waals surface area contributed by atoms with Crippen molar-refractivity contribution in [1.82, 2.24) is 0 Å². The van der Waals surface area contributed by atoms with Crippen LogP contribution >= 0.6 is 0 Å². The molecule has 2 aromatic rings. The van der Waals surface area contributed by atoms with Crippen molar-refractivity contribution in [3.05, 3.63) is 58.1 Å². The maximum absolute atomic E-state index is 12.6. The molecular weight excluding hydrogens is 356 g/mol. The van der Waals surface area contributed by atoms with Gasteiger partial charge in [0, 0.05) is 30.5 Å². The molecular formula is C21H26N4O3. The second kappa shape index (κ2) is 8.73. The third kappa shape index (κ3) is 4.60. The van der Waals surface area contributed by atoms with Crippen LogP contribution in [-0.2, 0) is 4.79 Å². The Bertz CT molecular complexity index is 862. The number of hydrogen-bond acceptors (Lipinski definition) is 5. The molecule has 0 aromatic heterocycles. The minimum atomic E-state index is -0.490. The number of carbonyl (C=O) groups excluding carboxylic acids is 1. The molecule has 1 aliphatic rings. The van der Waals surface area contributed by atoms with Crippen LogP contribution in [0.5, 0.6) is 0 Å². The highest BCUT2D eigenvalue weighted by Gasteiger charge is 2.18. The van der Waals surface area contributed by atoms with E-state index in [0.29, 0.717) is 11.3 Å². The van der Waals surface area contributed by atoms with Crippen molar-refractivity contribution in [2.24, 2.45) is 0 Å². The van der Waals surface area contributed by atoms with Gasteiger partial charge in [0.05, 0.1) is 16.2 Å². The number of nitrogens with zero attached hydrogens (tertiary/aromatic N) is 2. The number of nitro benzene ring substituents is 1. The number of nitro groups is 1. The SMILES string of the molecule is Cc1c(NC(=O)C(C)Nc2cccc(N3CCCCC3)c2)cccc1[N+](=O)[O-]. The van der Waals surface area contributed by atoms with E-state index in [1.165, 1.54) is 25.3 Å². The van der Waals surface area contributed by atoms with Gasteiger partial charge < -0.3 is 15.5 Å². The Morgan fingerprint density at radius 2 is 1.86 bits per heavy atom. The van der Waals surface area contributed by atoms with Crippen LogP contribution < -0.4 is 15.5 Å². The fourth-order valence-electron chi connectivity index (χ4n) is 3.46. The predicted molar refractivity (Wildman–Crippen MR) is 112 cm³/mol. The number of carbonyl (C=O) groups is 1. The summed E-state index contributed by atoms with van der Waals surface area (Å²) in [4.78, 5) is 25.6. The predicted octanol–water partition coefficient (Wildman–Crippen LogP) is 4.33. The molecule has 0 aliphatic carbocycles. The lowest BCUT2D eigenvalue weighted by Gasteiger charge is -2.29. The van der Waals surface area contributed by atoms with Crippen LogP contribution in [0.4, 0.5) is 22.7 Å². The lowest BCUT2D eigenvalue weighted by atomic mass is 10.1. The van der Waals surface area contributed by atoms with Gasteiger partial charge in [0.25, 0.3) is 5.69 Å². The van der Waals surface area contributed by atoms with Gasteiger partial charge in [0.1, 0.15) is 6.04 Å². The molecule has 0 bridgehead atoms. The second-order valence-electron chi connectivity index (χ2n) is 7.16. The number of piperidine rings is 1. The van der Waals surface area contributed by atoms with Crippen LogP contribution in [0, 0.1) is 17.0 Å². The Hall–Kier alpha value is -3.09. The summed E-state index contributed by atoms with van der Waals surface area (Å²) in [6, 6.07) is 12.3. The average molecular weight is 382 g/mol. The van der Waals surface area contributed by atoms with Crippen LogP contribution in [0.1, 0.15) is 31.7 Å². The number of hydrogen-bond donors (Lipinski definition) is 2. The molecule has 3 rings (SSSR count). The number of nitrogens with one attached hydrogen (secondary N) is 2. The van der Waals surface area contributed by atoms with E-state index in [-0.39, 0.29) is 11.6 Å². The van der Waals surface area contributed by atoms with Crippen molar-refractivity contribution in [1.29, 1.82) is 0 Å². The highest BCUT2D eigenvalue weighted by molar-refractivity contribution is 5.97. The maximum Gasteiger partial charge on any atom is 0.274 e. The Kier molecular flexibility index (Phi) is 6.13. The Morgan fingerprint density at radius 1 is 1.14 bits per heavy atom. The average Bonchev–Trinajstić information content (AvgIpc) is 2.70. The lowest BCUT2D eigenvalue weighted by molar-refractivity contribution is -0.385. The van der Waals surface area contributed by atoms with E-state index in [1.54, 1.807) is 26.0 Å². The Balaban J connectivity index is 1.66. The molecule has 1 saturated heterocycles. The molecule has 1 atom stereocenters. The first-order chi connectivity index (χ1) is 13.5. The van der Waals surface area contributed by atoms with Gasteiger partial charge in [-0.05, 0) is 57.4 Å². The van der Waals surface area contributed by atoms with E-state index < -0.39 is 11.0 Å². The van der Waals surface area contributed by atoms with Gasteiger partial charge in [-0.15, -0.1) is 0 Å². The summed E-state index contributed by atoms with van der Waals surface area (Å²) >= 11 is 0. The number of rotatable bonds is 6. The number of anilines is 3. The van der Waals surface area contributed by atoms with Crippen molar-refractivity contribution in [2.75, 3.05) is 28.6 Å². The highest BCUT2D eigenvalue weighted by Crippen LogP contribution is 2.26. The standard InChI is InChI=1S/C21H26N4O3/c1-15-19(10-7-11-20(15)25(27)28)23-21(26)16(2)22-17-8-6-9-18(14-17)24-12-4-3-5-13-24/h6-11,14,16,22H,3-5,12-13H2,1-2H3,(H,23,26). The van der Waals surface area contributed by atoms with Crippen molar-refractivity contribution in [3.8, 4) is 0 Å². The molecule has 0 saturated carbocycles. The summed E-state index contributed by atoms with van der Waals surface area (Å²) < 4.78 is 0. The van der Waals surface area contributed by atoms with E-state index in [1.807, 2.05) is 12.1 Å². The summed E-state index contributed by atoms with van der Waals surface area (Å²) in [6.45, 7) is 5.53. The van der Waals surface area contributed by atoms with E-state index in [0.717, 1.165) is 24.5 Å². The summed E-state index contributed by atoms with van der Waals surface area (Å²) in [7, 11) is 0. The zero-order valence-electron chi connectivity index (χ0n) is 16.3. The second-order valence-corrected chi connectivity index (χ2v) is 7.16. The fourth-order valence-corrected chi connectivity index (χ4v) is 3.46. The van der Waals surface area contributed by atoms with Crippen molar-refractivity contribution >= 4 is 28.7 Å². The molecule has 2 N–H and O–H groups in total. The summed E-state index contributed by atoms with van der Waals surface area (Å²) in [5.41, 5.74) is 2.93. The van der Waals surface area contributed by atoms with E-state index in [2.05, 4.69) is 27.7 Å². The van der Waals surface area contributed by atoms with Crippen LogP contribution in [-0.4, -0.2) is 30.0 Å². The smallest absolute Gasteiger partial charge is 0.274 e. The minimum Gasteiger partial charge on any atom is -0.374 e. The maximum atomic E-state index is 12.6. The largest absolute Gasteiger partial charge is 0.374 e. The van der Waals surface area contributed by atoms with E-state index >= 15 is 0 Å². The van der Waals surface area contributed by atoms with Crippen LogP contribution in [0.15, 0.2) is 42.5 Å². The van der Waals surface area contributed by atoms with Gasteiger partial charge in [-0.1, -0.05) is 12.1 Å². The number of benzene rings is 2. The Morgan fingerprint density at radius 3 is 2.57 bits per heavy atom. The Labute approximate surface area is 164 Å². The molecule has 7 heteroatoms. The molecule has 1 fully saturated rings. The molecule has 148 valence electrons. The monoisotopic (exact) mass is 382 g/mol. The van der Waals surface area contributed by atoms with Crippen molar-refractivity contribution in [3.63, 3.8) is 0 Å². The first kappa shape index (κ1) is 19.7. The summed E-state index contributed by atoms with van der Waals surface area (Å²) in [6.07, 6.45) is 3.70. The first-order valence-corrected chi connectivity index (χ1v) is 9.62. The van der Waals surface area contributed by atoms with Crippen molar-refractivity contribution in [2.45, 2.75) is 39.2 Å². The van der Waals surface area contributed by atoms with Crippen LogP contribution in [0.2, 0.25) is 0 Å². The van der Waals surface area contributed by atoms with E-state index in [4.69, 9.17) is 0 Å². The summed E-state index contributed by atoms with van der Waals surface area (Å²) in [5, 5.41) is 17.1. The van der Waals surface area contributed by atoms with E-state index in [9.17, 15) is 14.9 Å². The quantitative estimate of drug-likeness (QED) is 0.573. The molecule has 1 unspecified atom stereocenters. The highest BCUT2D eigenvalue weighted by atomic mass is 16.6. The molecule has 1 amide bonds.